The van der Waals surface area contributed by atoms with Crippen LogP contribution in [0.3, 0.4) is 0 Å². The van der Waals surface area contributed by atoms with E-state index in [0.717, 1.165) is 6.42 Å². The van der Waals surface area contributed by atoms with E-state index in [2.05, 4.69) is 20.8 Å². The number of epoxide rings is 1. The van der Waals surface area contributed by atoms with Crippen LogP contribution in [0.15, 0.2) is 0 Å². The third kappa shape index (κ3) is 9.10. The van der Waals surface area contributed by atoms with Crippen molar-refractivity contribution in [3.8, 4) is 0 Å². The Bertz CT molecular complexity index is 290. The summed E-state index contributed by atoms with van der Waals surface area (Å²) < 4.78 is 5.59. The van der Waals surface area contributed by atoms with E-state index in [1.165, 1.54) is 96.3 Å². The summed E-state index contributed by atoms with van der Waals surface area (Å²) in [5, 5.41) is 0. The molecule has 2 nitrogen and oxygen atoms in total. The number of unbranched alkanes of at least 4 members (excludes halogenated alkanes) is 14. The molecule has 1 saturated heterocycles. The number of hydrogen-bond acceptors (Lipinski definition) is 2. The van der Waals surface area contributed by atoms with E-state index >= 15 is 0 Å². The monoisotopic (exact) mass is 325 g/mol. The maximum Gasteiger partial charge on any atom is 0.146 e. The molecule has 1 atom stereocenters. The molecule has 0 saturated carbocycles. The van der Waals surface area contributed by atoms with Gasteiger partial charge in [-0.05, 0) is 26.7 Å². The molecule has 0 aliphatic carbocycles. The molecule has 0 bridgehead atoms. The smallest absolute Gasteiger partial charge is 0.146 e. The Morgan fingerprint density at radius 3 is 1.22 bits per heavy atom. The van der Waals surface area contributed by atoms with Crippen LogP contribution < -0.4 is 5.73 Å². The molecule has 0 amide bonds. The highest BCUT2D eigenvalue weighted by molar-refractivity contribution is 5.05. The van der Waals surface area contributed by atoms with Gasteiger partial charge < -0.3 is 10.5 Å². The molecule has 0 spiro atoms. The molecule has 0 aromatic rings. The molecule has 0 aromatic heterocycles. The average Bonchev–Trinajstić information content (AvgIpc) is 3.01. The van der Waals surface area contributed by atoms with Gasteiger partial charge in [0.25, 0.3) is 0 Å². The first-order valence-corrected chi connectivity index (χ1v) is 10.5. The third-order valence-electron chi connectivity index (χ3n) is 5.57. The molecule has 2 heteroatoms. The van der Waals surface area contributed by atoms with Crippen LogP contribution in [0.1, 0.15) is 124 Å². The second kappa shape index (κ2) is 11.5. The minimum absolute atomic E-state index is 0.0804. The number of ether oxygens (including phenoxy) is 1. The van der Waals surface area contributed by atoms with E-state index in [-0.39, 0.29) is 11.3 Å². The van der Waals surface area contributed by atoms with Gasteiger partial charge in [-0.25, -0.2) is 0 Å². The van der Waals surface area contributed by atoms with Crippen LogP contribution in [-0.2, 0) is 4.74 Å². The maximum atomic E-state index is 6.16. The van der Waals surface area contributed by atoms with Gasteiger partial charge in [0.1, 0.15) is 11.3 Å². The van der Waals surface area contributed by atoms with E-state index in [0.29, 0.717) is 0 Å². The zero-order chi connectivity index (χ0) is 17.0. The second-order valence-electron chi connectivity index (χ2n) is 8.20. The molecule has 23 heavy (non-hydrogen) atoms. The first-order valence-electron chi connectivity index (χ1n) is 10.5. The molecule has 1 aliphatic heterocycles. The van der Waals surface area contributed by atoms with Crippen molar-refractivity contribution in [2.45, 2.75) is 135 Å². The Kier molecular flexibility index (Phi) is 10.5. The lowest BCUT2D eigenvalue weighted by Gasteiger charge is -2.08. The molecule has 0 radical (unpaired) electrons. The SMILES string of the molecule is CCCCCCCCCCCCCCCCCC1(N)OC1(C)C. The lowest BCUT2D eigenvalue weighted by Crippen LogP contribution is -2.31. The summed E-state index contributed by atoms with van der Waals surface area (Å²) in [6.45, 7) is 6.48. The largest absolute Gasteiger partial charge is 0.347 e. The van der Waals surface area contributed by atoms with Crippen molar-refractivity contribution < 1.29 is 4.74 Å². The Labute approximate surface area is 145 Å². The molecule has 1 unspecified atom stereocenters. The third-order valence-corrected chi connectivity index (χ3v) is 5.57. The molecule has 1 aliphatic rings. The lowest BCUT2D eigenvalue weighted by atomic mass is 9.98. The highest BCUT2D eigenvalue weighted by Gasteiger charge is 2.60. The summed E-state index contributed by atoms with van der Waals surface area (Å²) >= 11 is 0. The first kappa shape index (κ1) is 21.0. The Morgan fingerprint density at radius 2 is 0.913 bits per heavy atom. The Balaban J connectivity index is 1.71. The maximum absolute atomic E-state index is 6.16. The molecule has 1 rings (SSSR count). The van der Waals surface area contributed by atoms with Crippen molar-refractivity contribution in [1.82, 2.24) is 0 Å². The van der Waals surface area contributed by atoms with Gasteiger partial charge in [-0.2, -0.15) is 0 Å². The van der Waals surface area contributed by atoms with Crippen molar-refractivity contribution in [3.05, 3.63) is 0 Å². The molecular formula is C21H43NO. The summed E-state index contributed by atoms with van der Waals surface area (Å²) in [5.74, 6) is 0. The van der Waals surface area contributed by atoms with Crippen LogP contribution in [0.25, 0.3) is 0 Å². The second-order valence-corrected chi connectivity index (χ2v) is 8.20. The fourth-order valence-electron chi connectivity index (χ4n) is 3.54. The van der Waals surface area contributed by atoms with E-state index < -0.39 is 0 Å². The summed E-state index contributed by atoms with van der Waals surface area (Å²) in [5.41, 5.74) is 5.76. The van der Waals surface area contributed by atoms with Gasteiger partial charge in [0, 0.05) is 0 Å². The van der Waals surface area contributed by atoms with Gasteiger partial charge in [-0.1, -0.05) is 96.8 Å². The van der Waals surface area contributed by atoms with Crippen molar-refractivity contribution >= 4 is 0 Å². The summed E-state index contributed by atoms with van der Waals surface area (Å²) in [7, 11) is 0. The van der Waals surface area contributed by atoms with Crippen LogP contribution in [0.5, 0.6) is 0 Å². The van der Waals surface area contributed by atoms with Gasteiger partial charge in [0.05, 0.1) is 0 Å². The van der Waals surface area contributed by atoms with Gasteiger partial charge >= 0.3 is 0 Å². The molecule has 0 aromatic carbocycles. The van der Waals surface area contributed by atoms with E-state index in [9.17, 15) is 0 Å². The number of nitrogens with two attached hydrogens (primary N) is 1. The fraction of sp³-hybridized carbons (Fsp3) is 1.00. The van der Waals surface area contributed by atoms with Crippen LogP contribution >= 0.6 is 0 Å². The van der Waals surface area contributed by atoms with E-state index in [1.807, 2.05) is 0 Å². The molecule has 1 heterocycles. The fourth-order valence-corrected chi connectivity index (χ4v) is 3.54. The van der Waals surface area contributed by atoms with Gasteiger partial charge in [0.2, 0.25) is 0 Å². The van der Waals surface area contributed by atoms with Crippen LogP contribution in [0.4, 0.5) is 0 Å². The van der Waals surface area contributed by atoms with Crippen molar-refractivity contribution in [2.24, 2.45) is 5.73 Å². The number of rotatable bonds is 16. The predicted octanol–water partition coefficient (Wildman–Crippen LogP) is 6.71. The zero-order valence-electron chi connectivity index (χ0n) is 16.3. The van der Waals surface area contributed by atoms with Crippen molar-refractivity contribution in [1.29, 1.82) is 0 Å². The van der Waals surface area contributed by atoms with Gasteiger partial charge in [-0.15, -0.1) is 0 Å². The highest BCUT2D eigenvalue weighted by Crippen LogP contribution is 2.46. The Hall–Kier alpha value is -0.0800. The number of hydrogen-bond donors (Lipinski definition) is 1. The minimum Gasteiger partial charge on any atom is -0.347 e. The standard InChI is InChI=1S/C21H43NO/c1-4-5-6-7-8-9-10-11-12-13-14-15-16-17-18-19-21(22)20(2,3)23-21/h4-19,22H2,1-3H3. The normalized spacial score (nSPS) is 22.4. The molecule has 138 valence electrons. The van der Waals surface area contributed by atoms with Crippen molar-refractivity contribution in [3.63, 3.8) is 0 Å². The van der Waals surface area contributed by atoms with Crippen LogP contribution in [-0.4, -0.2) is 11.3 Å². The summed E-state index contributed by atoms with van der Waals surface area (Å²) in [6.07, 6.45) is 22.2. The van der Waals surface area contributed by atoms with E-state index in [4.69, 9.17) is 10.5 Å². The molecule has 1 fully saturated rings. The first-order chi connectivity index (χ1) is 11.0. The van der Waals surface area contributed by atoms with Crippen LogP contribution in [0, 0.1) is 0 Å². The van der Waals surface area contributed by atoms with Crippen molar-refractivity contribution in [2.75, 3.05) is 0 Å². The quantitative estimate of drug-likeness (QED) is 0.253. The zero-order valence-corrected chi connectivity index (χ0v) is 16.3. The molecular weight excluding hydrogens is 282 g/mol. The average molecular weight is 326 g/mol. The van der Waals surface area contributed by atoms with E-state index in [1.54, 1.807) is 0 Å². The summed E-state index contributed by atoms with van der Waals surface area (Å²) in [4.78, 5) is 0. The lowest BCUT2D eigenvalue weighted by molar-refractivity contribution is 0.265. The van der Waals surface area contributed by atoms with Crippen LogP contribution in [0.2, 0.25) is 0 Å². The topological polar surface area (TPSA) is 38.5 Å². The predicted molar refractivity (Wildman–Crippen MR) is 102 cm³/mol. The Morgan fingerprint density at radius 1 is 0.609 bits per heavy atom. The van der Waals surface area contributed by atoms with Gasteiger partial charge in [-0.3, -0.25) is 0 Å². The van der Waals surface area contributed by atoms with Gasteiger partial charge in [0.15, 0.2) is 0 Å². The molecule has 2 N–H and O–H groups in total. The summed E-state index contributed by atoms with van der Waals surface area (Å²) in [6, 6.07) is 0. The minimum atomic E-state index is -0.316. The highest BCUT2D eigenvalue weighted by atomic mass is 16.6.